The van der Waals surface area contributed by atoms with Gasteiger partial charge in [0.05, 0.1) is 0 Å². The molecule has 2 nitrogen and oxygen atoms in total. The van der Waals surface area contributed by atoms with Crippen molar-refractivity contribution in [2.45, 2.75) is 25.4 Å². The number of nitrogens with one attached hydrogen (secondary N) is 1. The van der Waals surface area contributed by atoms with E-state index >= 15 is 0 Å². The Kier molecular flexibility index (Phi) is 3.45. The third-order valence-electron chi connectivity index (χ3n) is 3.74. The van der Waals surface area contributed by atoms with Gasteiger partial charge in [-0.15, -0.1) is 0 Å². The maximum Gasteiger partial charge on any atom is 0.0450 e. The summed E-state index contributed by atoms with van der Waals surface area (Å²) in [5, 5.41) is 4.41. The molecule has 0 fully saturated rings. The molecule has 3 rings (SSSR count). The van der Waals surface area contributed by atoms with E-state index in [1.54, 1.807) is 0 Å². The molecule has 3 N–H and O–H groups in total. The fourth-order valence-corrected chi connectivity index (χ4v) is 2.93. The van der Waals surface area contributed by atoms with Gasteiger partial charge in [-0.3, -0.25) is 0 Å². The van der Waals surface area contributed by atoms with Crippen molar-refractivity contribution in [3.05, 3.63) is 64.2 Å². The van der Waals surface area contributed by atoms with Gasteiger partial charge in [0.15, 0.2) is 0 Å². The van der Waals surface area contributed by atoms with Crippen LogP contribution in [0.5, 0.6) is 0 Å². The van der Waals surface area contributed by atoms with Gasteiger partial charge < -0.3 is 11.1 Å². The summed E-state index contributed by atoms with van der Waals surface area (Å²) in [6.07, 6.45) is 2.23. The first-order chi connectivity index (χ1) is 9.24. The average Bonchev–Trinajstić information content (AvgIpc) is 2.80. The van der Waals surface area contributed by atoms with Gasteiger partial charge in [0.1, 0.15) is 0 Å². The molecular formula is C16H17ClN2. The lowest BCUT2D eigenvalue weighted by Gasteiger charge is -2.15. The molecule has 0 saturated carbocycles. The number of benzene rings is 2. The molecule has 0 aliphatic heterocycles. The SMILES string of the molecule is Nc1ccc2c(c1)CCC2NCc1ccccc1Cl. The monoisotopic (exact) mass is 272 g/mol. The highest BCUT2D eigenvalue weighted by molar-refractivity contribution is 6.31. The highest BCUT2D eigenvalue weighted by Gasteiger charge is 2.21. The zero-order valence-corrected chi connectivity index (χ0v) is 11.5. The van der Waals surface area contributed by atoms with Gasteiger partial charge in [0.2, 0.25) is 0 Å². The van der Waals surface area contributed by atoms with Crippen molar-refractivity contribution in [3.63, 3.8) is 0 Å². The van der Waals surface area contributed by atoms with Gasteiger partial charge in [-0.05, 0) is 47.7 Å². The molecule has 1 aliphatic rings. The molecule has 1 aliphatic carbocycles. The lowest BCUT2D eigenvalue weighted by Crippen LogP contribution is -2.18. The van der Waals surface area contributed by atoms with Crippen LogP contribution in [0.2, 0.25) is 5.02 Å². The van der Waals surface area contributed by atoms with Gasteiger partial charge >= 0.3 is 0 Å². The fraction of sp³-hybridized carbons (Fsp3) is 0.250. The van der Waals surface area contributed by atoms with E-state index in [2.05, 4.69) is 23.5 Å². The molecular weight excluding hydrogens is 256 g/mol. The van der Waals surface area contributed by atoms with E-state index in [9.17, 15) is 0 Å². The zero-order valence-electron chi connectivity index (χ0n) is 10.7. The van der Waals surface area contributed by atoms with Crippen LogP contribution in [-0.2, 0) is 13.0 Å². The summed E-state index contributed by atoms with van der Waals surface area (Å²) in [4.78, 5) is 0. The predicted molar refractivity (Wildman–Crippen MR) is 80.2 cm³/mol. The minimum atomic E-state index is 0.409. The van der Waals surface area contributed by atoms with Gasteiger partial charge in [-0.2, -0.15) is 0 Å². The van der Waals surface area contributed by atoms with E-state index in [-0.39, 0.29) is 0 Å². The first-order valence-corrected chi connectivity index (χ1v) is 6.97. The quantitative estimate of drug-likeness (QED) is 0.836. The van der Waals surface area contributed by atoms with Gasteiger partial charge in [0.25, 0.3) is 0 Å². The van der Waals surface area contributed by atoms with Crippen LogP contribution in [0.25, 0.3) is 0 Å². The number of nitrogen functional groups attached to an aromatic ring is 1. The Morgan fingerprint density at radius 2 is 2.05 bits per heavy atom. The molecule has 0 saturated heterocycles. The minimum absolute atomic E-state index is 0.409. The highest BCUT2D eigenvalue weighted by Crippen LogP contribution is 2.32. The summed E-state index contributed by atoms with van der Waals surface area (Å²) >= 11 is 6.17. The largest absolute Gasteiger partial charge is 0.399 e. The fourth-order valence-electron chi connectivity index (χ4n) is 2.72. The van der Waals surface area contributed by atoms with E-state index < -0.39 is 0 Å². The first kappa shape index (κ1) is 12.5. The Bertz CT molecular complexity index is 595. The van der Waals surface area contributed by atoms with Crippen LogP contribution in [0.1, 0.15) is 29.2 Å². The Balaban J connectivity index is 1.72. The Morgan fingerprint density at radius 3 is 2.89 bits per heavy atom. The molecule has 0 heterocycles. The van der Waals surface area contributed by atoms with Crippen molar-refractivity contribution in [3.8, 4) is 0 Å². The lowest BCUT2D eigenvalue weighted by atomic mass is 10.1. The van der Waals surface area contributed by atoms with Gasteiger partial charge in [0, 0.05) is 23.3 Å². The molecule has 1 atom stereocenters. The van der Waals surface area contributed by atoms with E-state index in [1.807, 2.05) is 24.3 Å². The van der Waals surface area contributed by atoms with Gasteiger partial charge in [-0.25, -0.2) is 0 Å². The number of halogens is 1. The molecule has 19 heavy (non-hydrogen) atoms. The van der Waals surface area contributed by atoms with Crippen molar-refractivity contribution >= 4 is 17.3 Å². The minimum Gasteiger partial charge on any atom is -0.399 e. The zero-order chi connectivity index (χ0) is 13.2. The van der Waals surface area contributed by atoms with E-state index in [0.717, 1.165) is 35.7 Å². The van der Waals surface area contributed by atoms with Crippen molar-refractivity contribution in [2.24, 2.45) is 0 Å². The first-order valence-electron chi connectivity index (χ1n) is 6.59. The van der Waals surface area contributed by atoms with Gasteiger partial charge in [-0.1, -0.05) is 35.9 Å². The van der Waals surface area contributed by atoms with Crippen LogP contribution in [0.15, 0.2) is 42.5 Å². The molecule has 1 unspecified atom stereocenters. The number of hydrogen-bond acceptors (Lipinski definition) is 2. The normalized spacial score (nSPS) is 17.4. The third kappa shape index (κ3) is 2.60. The lowest BCUT2D eigenvalue weighted by molar-refractivity contribution is 0.530. The van der Waals surface area contributed by atoms with Crippen molar-refractivity contribution < 1.29 is 0 Å². The number of hydrogen-bond donors (Lipinski definition) is 2. The second-order valence-electron chi connectivity index (χ2n) is 5.02. The smallest absolute Gasteiger partial charge is 0.0450 e. The maximum atomic E-state index is 6.17. The molecule has 3 heteroatoms. The molecule has 2 aromatic rings. The predicted octanol–water partition coefficient (Wildman–Crippen LogP) is 3.70. The standard InChI is InChI=1S/C16H17ClN2/c17-15-4-2-1-3-12(15)10-19-16-8-5-11-9-13(18)6-7-14(11)16/h1-4,6-7,9,16,19H,5,8,10,18H2. The van der Waals surface area contributed by atoms with Crippen molar-refractivity contribution in [2.75, 3.05) is 5.73 Å². The maximum absolute atomic E-state index is 6.17. The molecule has 0 aromatic heterocycles. The topological polar surface area (TPSA) is 38.0 Å². The van der Waals surface area contributed by atoms with Crippen LogP contribution >= 0.6 is 11.6 Å². The summed E-state index contributed by atoms with van der Waals surface area (Å²) in [5.74, 6) is 0. The van der Waals surface area contributed by atoms with Crippen molar-refractivity contribution in [1.29, 1.82) is 0 Å². The van der Waals surface area contributed by atoms with Crippen LogP contribution in [0, 0.1) is 0 Å². The second-order valence-corrected chi connectivity index (χ2v) is 5.43. The third-order valence-corrected chi connectivity index (χ3v) is 4.11. The molecule has 2 aromatic carbocycles. The molecule has 0 amide bonds. The van der Waals surface area contributed by atoms with Crippen LogP contribution in [0.3, 0.4) is 0 Å². The number of fused-ring (bicyclic) bond motifs is 1. The van der Waals surface area contributed by atoms with Crippen LogP contribution < -0.4 is 11.1 Å². The summed E-state index contributed by atoms with van der Waals surface area (Å²) in [7, 11) is 0. The number of aryl methyl sites for hydroxylation is 1. The van der Waals surface area contributed by atoms with E-state index in [4.69, 9.17) is 17.3 Å². The molecule has 0 spiro atoms. The Morgan fingerprint density at radius 1 is 1.21 bits per heavy atom. The van der Waals surface area contributed by atoms with Crippen LogP contribution in [0.4, 0.5) is 5.69 Å². The number of rotatable bonds is 3. The Hall–Kier alpha value is -1.51. The Labute approximate surface area is 118 Å². The summed E-state index contributed by atoms with van der Waals surface area (Å²) < 4.78 is 0. The van der Waals surface area contributed by atoms with Crippen molar-refractivity contribution in [1.82, 2.24) is 5.32 Å². The van der Waals surface area contributed by atoms with E-state index in [1.165, 1.54) is 11.1 Å². The summed E-state index contributed by atoms with van der Waals surface area (Å²) in [6, 6.07) is 14.6. The highest BCUT2D eigenvalue weighted by atomic mass is 35.5. The summed E-state index contributed by atoms with van der Waals surface area (Å²) in [5.41, 5.74) is 10.6. The van der Waals surface area contributed by atoms with E-state index in [0.29, 0.717) is 6.04 Å². The molecule has 98 valence electrons. The second kappa shape index (κ2) is 5.24. The molecule has 0 radical (unpaired) electrons. The summed E-state index contributed by atoms with van der Waals surface area (Å²) in [6.45, 7) is 0.800. The average molecular weight is 273 g/mol. The number of anilines is 1. The van der Waals surface area contributed by atoms with Crippen LogP contribution in [-0.4, -0.2) is 0 Å². The molecule has 0 bridgehead atoms. The number of nitrogens with two attached hydrogens (primary N) is 1.